The van der Waals surface area contributed by atoms with Crippen LogP contribution in [0.25, 0.3) is 44.2 Å². The van der Waals surface area contributed by atoms with Gasteiger partial charge in [0.25, 0.3) is 0 Å². The summed E-state index contributed by atoms with van der Waals surface area (Å²) in [7, 11) is 2.26. The van der Waals surface area contributed by atoms with Gasteiger partial charge in [-0.1, -0.05) is 27.7 Å². The number of fused-ring (bicyclic) bond motifs is 9. The van der Waals surface area contributed by atoms with Gasteiger partial charge in [-0.25, -0.2) is 4.98 Å². The van der Waals surface area contributed by atoms with Gasteiger partial charge in [0.2, 0.25) is 0 Å². The number of carbonyl (C=O) groups excluding carboxylic acids is 2. The number of aromatic amines is 3. The van der Waals surface area contributed by atoms with Gasteiger partial charge in [0, 0.05) is 5.57 Å². The first kappa shape index (κ1) is 37.1. The van der Waals surface area contributed by atoms with Crippen LogP contribution in [0.5, 0.6) is 0 Å². The fourth-order valence-corrected chi connectivity index (χ4v) is 7.40. The third-order valence-electron chi connectivity index (χ3n) is 9.84. The van der Waals surface area contributed by atoms with Crippen LogP contribution >= 0.6 is 0 Å². The van der Waals surface area contributed by atoms with Gasteiger partial charge in [-0.15, -0.1) is 0 Å². The van der Waals surface area contributed by atoms with Gasteiger partial charge >= 0.3 is 29.0 Å². The number of aromatic nitrogens is 4. The highest BCUT2D eigenvalue weighted by Gasteiger charge is 2.37. The Bertz CT molecular complexity index is 2380. The van der Waals surface area contributed by atoms with Crippen molar-refractivity contribution >= 4 is 73.2 Å². The van der Waals surface area contributed by atoms with E-state index in [1.54, 1.807) is 0 Å². The molecule has 0 fully saturated rings. The highest BCUT2D eigenvalue weighted by Crippen LogP contribution is 2.45. The van der Waals surface area contributed by atoms with Crippen molar-refractivity contribution < 1.29 is 33.8 Å². The SMILES string of the molecule is CCc1c(CC)c2[nH]c1c([N+](=O)[O-])c1nc(c([N+](=O)[O-])c3[nH]c(c(C)c3CC(=O)OC)c([N+](=O)[O-])c3[nH]c2c(CC)c3CC)C(CC(=O)OC)=C1C. The van der Waals surface area contributed by atoms with E-state index < -0.39 is 62.3 Å². The molecule has 4 aromatic heterocycles. The maximum atomic E-state index is 13.2. The molecule has 17 heteroatoms. The molecule has 0 aliphatic carbocycles. The number of ether oxygens (including phenoxy) is 2. The Morgan fingerprint density at radius 1 is 0.577 bits per heavy atom. The van der Waals surface area contributed by atoms with Crippen LogP contribution < -0.4 is 0 Å². The number of nitro groups is 3. The predicted molar refractivity (Wildman–Crippen MR) is 193 cm³/mol. The number of aryl methyl sites for hydroxylation is 5. The fourth-order valence-electron chi connectivity index (χ4n) is 7.40. The largest absolute Gasteiger partial charge is 0.469 e. The molecule has 0 spiro atoms. The van der Waals surface area contributed by atoms with Crippen LogP contribution in [0.15, 0.2) is 0 Å². The number of allylic oxidation sites excluding steroid dienone is 1. The molecule has 17 nitrogen and oxygen atoms in total. The molecular formula is C35H39N7O10. The number of rotatable bonds is 11. The van der Waals surface area contributed by atoms with Gasteiger partial charge in [0.05, 0.1) is 52.9 Å². The van der Waals surface area contributed by atoms with Crippen molar-refractivity contribution in [2.45, 2.75) is 80.1 Å². The minimum Gasteiger partial charge on any atom is -0.469 e. The molecule has 1 aliphatic heterocycles. The molecule has 1 aliphatic rings. The molecule has 274 valence electrons. The molecule has 3 N–H and O–H groups in total. The summed E-state index contributed by atoms with van der Waals surface area (Å²) in [6.45, 7) is 10.5. The molecule has 0 amide bonds. The van der Waals surface area contributed by atoms with Crippen molar-refractivity contribution in [3.05, 3.63) is 75.1 Å². The number of H-pyrrole nitrogens is 3. The van der Waals surface area contributed by atoms with E-state index in [2.05, 4.69) is 19.9 Å². The Balaban J connectivity index is 2.32. The van der Waals surface area contributed by atoms with E-state index >= 15 is 0 Å². The lowest BCUT2D eigenvalue weighted by molar-refractivity contribution is -0.384. The third-order valence-corrected chi connectivity index (χ3v) is 9.84. The summed E-state index contributed by atoms with van der Waals surface area (Å²) in [6.07, 6.45) is 0.516. The maximum Gasteiger partial charge on any atom is 0.318 e. The van der Waals surface area contributed by atoms with Crippen molar-refractivity contribution in [2.24, 2.45) is 0 Å². The van der Waals surface area contributed by atoms with Gasteiger partial charge in [0.1, 0.15) is 33.5 Å². The number of nitrogens with one attached hydrogen (secondary N) is 3. The van der Waals surface area contributed by atoms with Crippen LogP contribution in [-0.2, 0) is 51.2 Å². The summed E-state index contributed by atoms with van der Waals surface area (Å²) in [5.41, 5.74) is 1.59. The van der Waals surface area contributed by atoms with Crippen molar-refractivity contribution in [3.63, 3.8) is 0 Å². The topological polar surface area (TPSA) is 242 Å². The highest BCUT2D eigenvalue weighted by atomic mass is 16.6. The van der Waals surface area contributed by atoms with Crippen molar-refractivity contribution in [3.8, 4) is 0 Å². The molecule has 5 heterocycles. The average Bonchev–Trinajstić information content (AvgIpc) is 3.82. The van der Waals surface area contributed by atoms with Crippen molar-refractivity contribution in [1.29, 1.82) is 0 Å². The van der Waals surface area contributed by atoms with Crippen LogP contribution in [-0.4, -0.2) is 60.9 Å². The Hall–Kier alpha value is -6.13. The second-order valence-electron chi connectivity index (χ2n) is 12.3. The molecule has 0 saturated heterocycles. The first-order valence-corrected chi connectivity index (χ1v) is 16.8. The molecule has 8 bridgehead atoms. The number of nitrogens with zero attached hydrogens (tertiary/aromatic N) is 4. The number of methoxy groups -OCH3 is 2. The van der Waals surface area contributed by atoms with E-state index in [0.717, 1.165) is 25.3 Å². The smallest absolute Gasteiger partial charge is 0.318 e. The third kappa shape index (κ3) is 5.80. The van der Waals surface area contributed by atoms with E-state index in [9.17, 15) is 39.9 Å². The van der Waals surface area contributed by atoms with E-state index in [0.29, 0.717) is 47.8 Å². The van der Waals surface area contributed by atoms with Crippen LogP contribution in [0.2, 0.25) is 0 Å². The summed E-state index contributed by atoms with van der Waals surface area (Å²) in [5, 5.41) is 39.5. The molecule has 4 aromatic rings. The first-order chi connectivity index (χ1) is 24.7. The van der Waals surface area contributed by atoms with E-state index in [1.165, 1.54) is 13.8 Å². The summed E-state index contributed by atoms with van der Waals surface area (Å²) < 4.78 is 9.79. The quantitative estimate of drug-likeness (QED) is 0.0808. The molecule has 5 rings (SSSR count). The van der Waals surface area contributed by atoms with Crippen LogP contribution in [0, 0.1) is 37.3 Å². The zero-order valence-electron chi connectivity index (χ0n) is 30.1. The first-order valence-electron chi connectivity index (χ1n) is 16.8. The molecule has 0 unspecified atom stereocenters. The summed E-state index contributed by atoms with van der Waals surface area (Å²) in [6, 6.07) is 0. The second kappa shape index (κ2) is 14.2. The zero-order chi connectivity index (χ0) is 38.3. The normalized spacial score (nSPS) is 12.1. The number of hydrogen-bond acceptors (Lipinski definition) is 11. The number of hydrogen-bond donors (Lipinski definition) is 3. The average molecular weight is 718 g/mol. The lowest BCUT2D eigenvalue weighted by atomic mass is 9.99. The van der Waals surface area contributed by atoms with Crippen LogP contribution in [0.1, 0.15) is 85.8 Å². The fraction of sp³-hybridized carbons (Fsp3) is 0.400. The van der Waals surface area contributed by atoms with E-state index in [4.69, 9.17) is 9.47 Å². The maximum absolute atomic E-state index is 13.2. The summed E-state index contributed by atoms with van der Waals surface area (Å²) >= 11 is 0. The Kier molecular flexibility index (Phi) is 10.2. The van der Waals surface area contributed by atoms with E-state index in [-0.39, 0.29) is 50.0 Å². The minimum absolute atomic E-state index is 0.0129. The molecule has 0 radical (unpaired) electrons. The Morgan fingerprint density at radius 3 is 1.40 bits per heavy atom. The second-order valence-corrected chi connectivity index (χ2v) is 12.3. The number of esters is 2. The Labute approximate surface area is 296 Å². The lowest BCUT2D eigenvalue weighted by Crippen LogP contribution is -2.06. The molecule has 0 saturated carbocycles. The monoisotopic (exact) mass is 717 g/mol. The van der Waals surface area contributed by atoms with Crippen LogP contribution in [0.4, 0.5) is 17.1 Å². The summed E-state index contributed by atoms with van der Waals surface area (Å²) in [5.74, 6) is -1.58. The van der Waals surface area contributed by atoms with Gasteiger partial charge in [-0.3, -0.25) is 39.9 Å². The molecule has 0 aromatic carbocycles. The predicted octanol–water partition coefficient (Wildman–Crippen LogP) is 7.02. The minimum atomic E-state index is -0.796. The summed E-state index contributed by atoms with van der Waals surface area (Å²) in [4.78, 5) is 77.0. The highest BCUT2D eigenvalue weighted by molar-refractivity contribution is 6.06. The van der Waals surface area contributed by atoms with Crippen LogP contribution in [0.3, 0.4) is 0 Å². The molecular weight excluding hydrogens is 678 g/mol. The zero-order valence-corrected chi connectivity index (χ0v) is 30.1. The lowest BCUT2D eigenvalue weighted by Gasteiger charge is -2.05. The van der Waals surface area contributed by atoms with Gasteiger partial charge in [-0.2, -0.15) is 0 Å². The van der Waals surface area contributed by atoms with Gasteiger partial charge < -0.3 is 24.4 Å². The molecule has 0 atom stereocenters. The van der Waals surface area contributed by atoms with E-state index in [1.807, 2.05) is 27.7 Å². The van der Waals surface area contributed by atoms with Crippen molar-refractivity contribution in [1.82, 2.24) is 19.9 Å². The Morgan fingerprint density at radius 2 is 0.962 bits per heavy atom. The number of carbonyl (C=O) groups is 2. The van der Waals surface area contributed by atoms with Crippen molar-refractivity contribution in [2.75, 3.05) is 14.2 Å². The molecule has 52 heavy (non-hydrogen) atoms. The standard InChI is InChI=1S/C35H39N7O10/c1-9-17-19(11-3)29-33(40(45)46)25-15(5)21(13-23(43)51-7)31(36-25)35(42(49)50)32-22(14-24(44)52-8)16(6)26(37-32)34(41(47)48)30-20(12-4)18(10-2)28(39-30)27(17)38-29/h36,38-39H,9-14H2,1-8H3. The van der Waals surface area contributed by atoms with Gasteiger partial charge in [0.15, 0.2) is 0 Å². The van der Waals surface area contributed by atoms with Gasteiger partial charge in [-0.05, 0) is 78.5 Å².